The van der Waals surface area contributed by atoms with Crippen molar-refractivity contribution < 1.29 is 19.1 Å². The number of carbonyl (C=O) groups excluding carboxylic acids is 2. The monoisotopic (exact) mass is 270 g/mol. The third kappa shape index (κ3) is 3.68. The Hall–Kier alpha value is -2.62. The van der Waals surface area contributed by atoms with Crippen LogP contribution < -0.4 is 4.74 Å². The van der Waals surface area contributed by atoms with E-state index >= 15 is 0 Å². The molecule has 0 saturated heterocycles. The molecule has 0 unspecified atom stereocenters. The lowest BCUT2D eigenvalue weighted by atomic mass is 10.1. The second-order valence-electron chi connectivity index (χ2n) is 4.13. The van der Waals surface area contributed by atoms with E-state index in [4.69, 9.17) is 9.47 Å². The molecule has 2 aromatic rings. The van der Waals surface area contributed by atoms with E-state index < -0.39 is 18.0 Å². The number of ether oxygens (including phenoxy) is 2. The molecule has 0 spiro atoms. The van der Waals surface area contributed by atoms with Crippen LogP contribution in [0.25, 0.3) is 0 Å². The summed E-state index contributed by atoms with van der Waals surface area (Å²) in [6, 6.07) is 17.4. The molecule has 102 valence electrons. The van der Waals surface area contributed by atoms with Crippen molar-refractivity contribution in [2.24, 2.45) is 0 Å². The highest BCUT2D eigenvalue weighted by atomic mass is 16.6. The summed E-state index contributed by atoms with van der Waals surface area (Å²) in [5.41, 5.74) is 0.573. The third-order valence-corrected chi connectivity index (χ3v) is 2.56. The summed E-state index contributed by atoms with van der Waals surface area (Å²) in [6.45, 7) is 1.26. The van der Waals surface area contributed by atoms with Crippen molar-refractivity contribution in [3.8, 4) is 5.75 Å². The van der Waals surface area contributed by atoms with Crippen LogP contribution in [-0.2, 0) is 14.3 Å². The van der Waals surface area contributed by atoms with Crippen molar-refractivity contribution in [1.82, 2.24) is 0 Å². The number of esters is 2. The fraction of sp³-hybridized carbons (Fsp3) is 0.125. The van der Waals surface area contributed by atoms with Gasteiger partial charge >= 0.3 is 11.9 Å². The number of hydrogen-bond acceptors (Lipinski definition) is 4. The first-order valence-electron chi connectivity index (χ1n) is 6.16. The predicted octanol–water partition coefficient (Wildman–Crippen LogP) is 2.90. The van der Waals surface area contributed by atoms with Crippen molar-refractivity contribution >= 4 is 11.9 Å². The van der Waals surface area contributed by atoms with Gasteiger partial charge in [-0.15, -0.1) is 0 Å². The SMILES string of the molecule is CC(=O)O[C@H](C(=O)Oc1ccccc1)c1ccccc1. The zero-order chi connectivity index (χ0) is 14.4. The minimum atomic E-state index is -1.06. The van der Waals surface area contributed by atoms with Crippen molar-refractivity contribution in [3.05, 3.63) is 66.2 Å². The minimum Gasteiger partial charge on any atom is -0.446 e. The molecule has 2 rings (SSSR count). The van der Waals surface area contributed by atoms with Gasteiger partial charge in [-0.25, -0.2) is 4.79 Å². The Labute approximate surface area is 116 Å². The first-order chi connectivity index (χ1) is 9.66. The number of hydrogen-bond donors (Lipinski definition) is 0. The average molecular weight is 270 g/mol. The molecular formula is C16H14O4. The lowest BCUT2D eigenvalue weighted by molar-refractivity contribution is -0.161. The molecule has 0 aliphatic heterocycles. The fourth-order valence-corrected chi connectivity index (χ4v) is 1.70. The molecule has 2 aromatic carbocycles. The molecule has 0 saturated carbocycles. The van der Waals surface area contributed by atoms with Crippen molar-refractivity contribution in [2.75, 3.05) is 0 Å². The molecule has 20 heavy (non-hydrogen) atoms. The number of carbonyl (C=O) groups is 2. The first kappa shape index (κ1) is 13.8. The maximum absolute atomic E-state index is 12.1. The van der Waals surface area contributed by atoms with Gasteiger partial charge in [0, 0.05) is 12.5 Å². The Morgan fingerprint density at radius 3 is 2.00 bits per heavy atom. The molecule has 0 N–H and O–H groups in total. The van der Waals surface area contributed by atoms with E-state index in [9.17, 15) is 9.59 Å². The van der Waals surface area contributed by atoms with Crippen molar-refractivity contribution in [1.29, 1.82) is 0 Å². The summed E-state index contributed by atoms with van der Waals surface area (Å²) in [6.07, 6.45) is -1.06. The molecule has 0 fully saturated rings. The molecule has 0 heterocycles. The van der Waals surface area contributed by atoms with E-state index in [0.717, 1.165) is 0 Å². The van der Waals surface area contributed by atoms with Crippen molar-refractivity contribution in [2.45, 2.75) is 13.0 Å². The van der Waals surface area contributed by atoms with Crippen LogP contribution in [0.1, 0.15) is 18.6 Å². The summed E-state index contributed by atoms with van der Waals surface area (Å²) in [5, 5.41) is 0. The Kier molecular flexibility index (Phi) is 4.50. The minimum absolute atomic E-state index is 0.408. The van der Waals surface area contributed by atoms with Gasteiger partial charge in [0.15, 0.2) is 0 Å². The van der Waals surface area contributed by atoms with Crippen LogP contribution >= 0.6 is 0 Å². The summed E-state index contributed by atoms with van der Waals surface area (Å²) in [4.78, 5) is 23.3. The smallest absolute Gasteiger partial charge is 0.357 e. The van der Waals surface area contributed by atoms with Crippen LogP contribution in [0.5, 0.6) is 5.75 Å². The highest BCUT2D eigenvalue weighted by molar-refractivity contribution is 5.81. The quantitative estimate of drug-likeness (QED) is 0.633. The molecule has 0 bridgehead atoms. The Morgan fingerprint density at radius 2 is 1.45 bits per heavy atom. The lowest BCUT2D eigenvalue weighted by Crippen LogP contribution is -2.23. The second-order valence-corrected chi connectivity index (χ2v) is 4.13. The number of benzene rings is 2. The average Bonchev–Trinajstić information content (AvgIpc) is 2.46. The molecule has 1 atom stereocenters. The lowest BCUT2D eigenvalue weighted by Gasteiger charge is -2.16. The summed E-state index contributed by atoms with van der Waals surface area (Å²) < 4.78 is 10.3. The molecule has 0 aliphatic carbocycles. The highest BCUT2D eigenvalue weighted by Gasteiger charge is 2.25. The van der Waals surface area contributed by atoms with Crippen LogP contribution in [0.15, 0.2) is 60.7 Å². The van der Waals surface area contributed by atoms with E-state index in [2.05, 4.69) is 0 Å². The first-order valence-corrected chi connectivity index (χ1v) is 6.16. The van der Waals surface area contributed by atoms with E-state index in [-0.39, 0.29) is 0 Å². The highest BCUT2D eigenvalue weighted by Crippen LogP contribution is 2.21. The molecule has 4 nitrogen and oxygen atoms in total. The molecule has 0 aromatic heterocycles. The van der Waals surface area contributed by atoms with Gasteiger partial charge in [0.2, 0.25) is 6.10 Å². The number of rotatable bonds is 4. The van der Waals surface area contributed by atoms with Gasteiger partial charge in [0.05, 0.1) is 0 Å². The topological polar surface area (TPSA) is 52.6 Å². The Morgan fingerprint density at radius 1 is 0.900 bits per heavy atom. The van der Waals surface area contributed by atoms with Gasteiger partial charge < -0.3 is 9.47 Å². The van der Waals surface area contributed by atoms with Gasteiger partial charge in [-0.2, -0.15) is 0 Å². The Bertz CT molecular complexity index is 578. The predicted molar refractivity (Wildman–Crippen MR) is 73.0 cm³/mol. The zero-order valence-corrected chi connectivity index (χ0v) is 11.0. The maximum Gasteiger partial charge on any atom is 0.357 e. The molecule has 0 radical (unpaired) electrons. The Balaban J connectivity index is 2.18. The number of para-hydroxylation sites is 1. The molecular weight excluding hydrogens is 256 g/mol. The van der Waals surface area contributed by atoms with Crippen LogP contribution in [0.3, 0.4) is 0 Å². The van der Waals surface area contributed by atoms with Crippen LogP contribution in [0.2, 0.25) is 0 Å². The van der Waals surface area contributed by atoms with Gasteiger partial charge in [0.25, 0.3) is 0 Å². The van der Waals surface area contributed by atoms with Crippen LogP contribution in [0, 0.1) is 0 Å². The summed E-state index contributed by atoms with van der Waals surface area (Å²) in [7, 11) is 0. The second kappa shape index (κ2) is 6.52. The van der Waals surface area contributed by atoms with E-state index in [0.29, 0.717) is 11.3 Å². The maximum atomic E-state index is 12.1. The van der Waals surface area contributed by atoms with Gasteiger partial charge in [-0.1, -0.05) is 48.5 Å². The van der Waals surface area contributed by atoms with E-state index in [1.54, 1.807) is 48.5 Å². The largest absolute Gasteiger partial charge is 0.446 e. The molecule has 0 amide bonds. The van der Waals surface area contributed by atoms with Gasteiger partial charge in [-0.3, -0.25) is 4.79 Å². The van der Waals surface area contributed by atoms with Crippen LogP contribution in [-0.4, -0.2) is 11.9 Å². The standard InChI is InChI=1S/C16H14O4/c1-12(17)19-15(13-8-4-2-5-9-13)16(18)20-14-10-6-3-7-11-14/h2-11,15H,1H3/t15-/m0/s1. The summed E-state index contributed by atoms with van der Waals surface area (Å²) >= 11 is 0. The normalized spacial score (nSPS) is 11.4. The fourth-order valence-electron chi connectivity index (χ4n) is 1.70. The molecule has 4 heteroatoms. The van der Waals surface area contributed by atoms with E-state index in [1.165, 1.54) is 6.92 Å². The third-order valence-electron chi connectivity index (χ3n) is 2.56. The molecule has 0 aliphatic rings. The van der Waals surface area contributed by atoms with Crippen LogP contribution in [0.4, 0.5) is 0 Å². The van der Waals surface area contributed by atoms with Gasteiger partial charge in [-0.05, 0) is 12.1 Å². The van der Waals surface area contributed by atoms with Crippen molar-refractivity contribution in [3.63, 3.8) is 0 Å². The van der Waals surface area contributed by atoms with Gasteiger partial charge in [0.1, 0.15) is 5.75 Å². The summed E-state index contributed by atoms with van der Waals surface area (Å²) in [5.74, 6) is -0.757. The zero-order valence-electron chi connectivity index (χ0n) is 11.0. The van der Waals surface area contributed by atoms with E-state index in [1.807, 2.05) is 12.1 Å².